The molecule has 2 aromatic rings. The number of nitrogens with zero attached hydrogens (tertiary/aromatic N) is 1. The van der Waals surface area contributed by atoms with Gasteiger partial charge in [-0.3, -0.25) is 9.69 Å². The van der Waals surface area contributed by atoms with Crippen molar-refractivity contribution in [3.8, 4) is 0 Å². The van der Waals surface area contributed by atoms with Crippen LogP contribution in [0.15, 0.2) is 42.5 Å². The van der Waals surface area contributed by atoms with Crippen molar-refractivity contribution in [2.45, 2.75) is 38.1 Å². The summed E-state index contributed by atoms with van der Waals surface area (Å²) in [5.41, 5.74) is 0.886. The van der Waals surface area contributed by atoms with E-state index in [4.69, 9.17) is 5.11 Å². The van der Waals surface area contributed by atoms with Gasteiger partial charge in [-0.05, 0) is 43.7 Å². The van der Waals surface area contributed by atoms with E-state index in [-0.39, 0.29) is 12.5 Å². The van der Waals surface area contributed by atoms with Crippen molar-refractivity contribution in [2.75, 3.05) is 25.0 Å². The minimum absolute atomic E-state index is 0.0687. The van der Waals surface area contributed by atoms with Gasteiger partial charge in [0.1, 0.15) is 0 Å². The fourth-order valence-electron chi connectivity index (χ4n) is 3.64. The van der Waals surface area contributed by atoms with Gasteiger partial charge >= 0.3 is 0 Å². The average molecular weight is 326 g/mol. The highest BCUT2D eigenvalue weighted by Crippen LogP contribution is 2.24. The third-order valence-electron chi connectivity index (χ3n) is 4.88. The lowest BCUT2D eigenvalue weighted by atomic mass is 10.1. The van der Waals surface area contributed by atoms with Crippen LogP contribution in [0.1, 0.15) is 32.1 Å². The van der Waals surface area contributed by atoms with Crippen LogP contribution in [0.2, 0.25) is 0 Å². The summed E-state index contributed by atoms with van der Waals surface area (Å²) in [7, 11) is 0. The highest BCUT2D eigenvalue weighted by atomic mass is 16.2. The molecule has 1 atom stereocenters. The van der Waals surface area contributed by atoms with Crippen LogP contribution in [0.5, 0.6) is 0 Å². The van der Waals surface area contributed by atoms with Crippen LogP contribution in [0.3, 0.4) is 0 Å². The zero-order valence-electron chi connectivity index (χ0n) is 14.1. The highest BCUT2D eigenvalue weighted by Gasteiger charge is 2.24. The number of fused-ring (bicyclic) bond motifs is 1. The quantitative estimate of drug-likeness (QED) is 0.820. The lowest BCUT2D eigenvalue weighted by Crippen LogP contribution is -2.32. The van der Waals surface area contributed by atoms with Gasteiger partial charge in [0.25, 0.3) is 0 Å². The molecule has 1 saturated heterocycles. The number of anilines is 1. The molecule has 128 valence electrons. The molecular weight excluding hydrogens is 300 g/mol. The Morgan fingerprint density at radius 1 is 1.21 bits per heavy atom. The maximum atomic E-state index is 12.4. The Bertz CT molecular complexity index is 681. The van der Waals surface area contributed by atoms with E-state index in [0.29, 0.717) is 12.5 Å². The minimum Gasteiger partial charge on any atom is -0.396 e. The molecule has 3 rings (SSSR count). The Morgan fingerprint density at radius 2 is 2.04 bits per heavy atom. The summed E-state index contributed by atoms with van der Waals surface area (Å²) in [6, 6.07) is 14.6. The molecule has 0 saturated carbocycles. The molecule has 0 spiro atoms. The summed E-state index contributed by atoms with van der Waals surface area (Å²) in [6.07, 6.45) is 4.77. The van der Waals surface area contributed by atoms with Crippen molar-refractivity contribution in [1.29, 1.82) is 0 Å². The molecule has 1 heterocycles. The first-order valence-corrected chi connectivity index (χ1v) is 8.90. The molecule has 1 unspecified atom stereocenters. The first kappa shape index (κ1) is 16.9. The largest absolute Gasteiger partial charge is 0.396 e. The summed E-state index contributed by atoms with van der Waals surface area (Å²) >= 11 is 0. The molecule has 4 heteroatoms. The fourth-order valence-corrected chi connectivity index (χ4v) is 3.64. The van der Waals surface area contributed by atoms with Crippen LogP contribution in [-0.2, 0) is 4.79 Å². The van der Waals surface area contributed by atoms with Crippen molar-refractivity contribution in [1.82, 2.24) is 4.90 Å². The fraction of sp³-hybridized carbons (Fsp3) is 0.450. The van der Waals surface area contributed by atoms with Crippen molar-refractivity contribution in [3.05, 3.63) is 42.5 Å². The topological polar surface area (TPSA) is 52.6 Å². The van der Waals surface area contributed by atoms with Gasteiger partial charge in [-0.2, -0.15) is 0 Å². The molecule has 1 aliphatic heterocycles. The molecule has 1 fully saturated rings. The zero-order chi connectivity index (χ0) is 16.8. The molecule has 1 aliphatic rings. The maximum Gasteiger partial charge on any atom is 0.225 e. The smallest absolute Gasteiger partial charge is 0.225 e. The van der Waals surface area contributed by atoms with Crippen LogP contribution < -0.4 is 5.32 Å². The number of hydrogen-bond acceptors (Lipinski definition) is 3. The molecule has 0 aromatic heterocycles. The van der Waals surface area contributed by atoms with E-state index >= 15 is 0 Å². The van der Waals surface area contributed by atoms with Crippen molar-refractivity contribution in [2.24, 2.45) is 0 Å². The van der Waals surface area contributed by atoms with E-state index in [2.05, 4.69) is 22.3 Å². The van der Waals surface area contributed by atoms with E-state index in [9.17, 15) is 4.79 Å². The second-order valence-electron chi connectivity index (χ2n) is 6.52. The zero-order valence-corrected chi connectivity index (χ0v) is 14.1. The van der Waals surface area contributed by atoms with Gasteiger partial charge in [-0.1, -0.05) is 36.4 Å². The summed E-state index contributed by atoms with van der Waals surface area (Å²) in [4.78, 5) is 14.8. The van der Waals surface area contributed by atoms with Crippen molar-refractivity contribution < 1.29 is 9.90 Å². The monoisotopic (exact) mass is 326 g/mol. The van der Waals surface area contributed by atoms with E-state index in [1.54, 1.807) is 0 Å². The standard InChI is InChI=1S/C20H26N2O2/c23-15-5-9-17-8-4-13-22(17)14-12-20(24)21-19-11-3-7-16-6-1-2-10-18(16)19/h1-3,6-7,10-11,17,23H,4-5,8-9,12-15H2,(H,21,24). The SMILES string of the molecule is O=C(CCN1CCCC1CCCO)Nc1cccc2ccccc12. The van der Waals surface area contributed by atoms with Crippen LogP contribution in [0, 0.1) is 0 Å². The van der Waals surface area contributed by atoms with Gasteiger partial charge in [0.05, 0.1) is 0 Å². The molecule has 2 N–H and O–H groups in total. The Kier molecular flexibility index (Phi) is 5.83. The van der Waals surface area contributed by atoms with Crippen LogP contribution in [-0.4, -0.2) is 41.7 Å². The second kappa shape index (κ2) is 8.27. The van der Waals surface area contributed by atoms with Gasteiger partial charge in [-0.15, -0.1) is 0 Å². The Labute approximate surface area is 143 Å². The summed E-state index contributed by atoms with van der Waals surface area (Å²) in [6.45, 7) is 2.12. The summed E-state index contributed by atoms with van der Waals surface area (Å²) in [5, 5.41) is 14.3. The van der Waals surface area contributed by atoms with Crippen LogP contribution >= 0.6 is 0 Å². The number of benzene rings is 2. The van der Waals surface area contributed by atoms with E-state index in [1.807, 2.05) is 30.3 Å². The number of aliphatic hydroxyl groups is 1. The number of likely N-dealkylation sites (tertiary alicyclic amines) is 1. The number of carbonyl (C=O) groups excluding carboxylic acids is 1. The number of carbonyl (C=O) groups is 1. The Hall–Kier alpha value is -1.91. The third-order valence-corrected chi connectivity index (χ3v) is 4.88. The molecule has 0 bridgehead atoms. The van der Waals surface area contributed by atoms with Crippen LogP contribution in [0.4, 0.5) is 5.69 Å². The molecule has 24 heavy (non-hydrogen) atoms. The molecule has 0 aliphatic carbocycles. The molecule has 2 aromatic carbocycles. The molecular formula is C20H26N2O2. The first-order valence-electron chi connectivity index (χ1n) is 8.90. The predicted molar refractivity (Wildman–Crippen MR) is 98.1 cm³/mol. The second-order valence-corrected chi connectivity index (χ2v) is 6.52. The summed E-state index contributed by atoms with van der Waals surface area (Å²) in [5.74, 6) is 0.0687. The van der Waals surface area contributed by atoms with Gasteiger partial charge in [0.15, 0.2) is 0 Å². The summed E-state index contributed by atoms with van der Waals surface area (Å²) < 4.78 is 0. The normalized spacial score (nSPS) is 18.1. The van der Waals surface area contributed by atoms with Gasteiger partial charge in [0, 0.05) is 36.7 Å². The number of amides is 1. The average Bonchev–Trinajstić information content (AvgIpc) is 3.06. The van der Waals surface area contributed by atoms with Crippen molar-refractivity contribution >= 4 is 22.4 Å². The van der Waals surface area contributed by atoms with Gasteiger partial charge in [0.2, 0.25) is 5.91 Å². The van der Waals surface area contributed by atoms with E-state index in [0.717, 1.165) is 42.4 Å². The molecule has 4 nitrogen and oxygen atoms in total. The minimum atomic E-state index is 0.0687. The lowest BCUT2D eigenvalue weighted by molar-refractivity contribution is -0.116. The maximum absolute atomic E-state index is 12.4. The predicted octanol–water partition coefficient (Wildman–Crippen LogP) is 3.41. The number of aliphatic hydroxyl groups excluding tert-OH is 1. The molecule has 0 radical (unpaired) electrons. The highest BCUT2D eigenvalue weighted by molar-refractivity contribution is 6.02. The van der Waals surface area contributed by atoms with Gasteiger partial charge in [-0.25, -0.2) is 0 Å². The Balaban J connectivity index is 1.55. The van der Waals surface area contributed by atoms with Crippen molar-refractivity contribution in [3.63, 3.8) is 0 Å². The number of rotatable bonds is 7. The number of nitrogens with one attached hydrogen (secondary N) is 1. The van der Waals surface area contributed by atoms with E-state index < -0.39 is 0 Å². The molecule has 1 amide bonds. The van der Waals surface area contributed by atoms with Crippen LogP contribution in [0.25, 0.3) is 10.8 Å². The number of hydrogen-bond donors (Lipinski definition) is 2. The lowest BCUT2D eigenvalue weighted by Gasteiger charge is -2.24. The van der Waals surface area contributed by atoms with E-state index in [1.165, 1.54) is 12.8 Å². The Morgan fingerprint density at radius 3 is 2.92 bits per heavy atom. The van der Waals surface area contributed by atoms with Gasteiger partial charge < -0.3 is 10.4 Å². The third kappa shape index (κ3) is 4.13. The first-order chi connectivity index (χ1) is 11.8.